The molecule has 0 spiro atoms. The maximum Gasteiger partial charge on any atom is 0.126 e. The molecule has 0 atom stereocenters. The molecular formula is C19H22FN3. The van der Waals surface area contributed by atoms with E-state index in [1.165, 1.54) is 6.07 Å². The number of nitrogens with zero attached hydrogens (tertiary/aromatic N) is 2. The fourth-order valence-corrected chi connectivity index (χ4v) is 2.65. The maximum absolute atomic E-state index is 13.8. The van der Waals surface area contributed by atoms with Gasteiger partial charge in [0.25, 0.3) is 0 Å². The summed E-state index contributed by atoms with van der Waals surface area (Å²) in [6, 6.07) is 7.33. The van der Waals surface area contributed by atoms with Crippen molar-refractivity contribution >= 4 is 5.71 Å². The lowest BCUT2D eigenvalue weighted by molar-refractivity contribution is 0.285. The van der Waals surface area contributed by atoms with Crippen molar-refractivity contribution in [2.45, 2.75) is 39.2 Å². The number of hydrogen-bond acceptors (Lipinski definition) is 3. The lowest BCUT2D eigenvalue weighted by Crippen LogP contribution is -2.44. The van der Waals surface area contributed by atoms with Gasteiger partial charge >= 0.3 is 0 Å². The summed E-state index contributed by atoms with van der Waals surface area (Å²) in [7, 11) is 0. The topological polar surface area (TPSA) is 27.6 Å². The Labute approximate surface area is 136 Å². The van der Waals surface area contributed by atoms with Gasteiger partial charge in [-0.1, -0.05) is 30.5 Å². The first kappa shape index (κ1) is 15.6. The number of halogens is 1. The molecule has 0 amide bonds. The summed E-state index contributed by atoms with van der Waals surface area (Å²) in [5, 5.41) is 1.98. The number of hydrogen-bond donors (Lipinski definition) is 1. The van der Waals surface area contributed by atoms with E-state index in [9.17, 15) is 4.39 Å². The Bertz CT molecular complexity index is 722. The second-order valence-electron chi connectivity index (χ2n) is 6.09. The minimum absolute atomic E-state index is 0.163. The molecule has 23 heavy (non-hydrogen) atoms. The molecule has 0 unspecified atom stereocenters. The highest BCUT2D eigenvalue weighted by molar-refractivity contribution is 6.12. The molecule has 0 bridgehead atoms. The first-order valence-corrected chi connectivity index (χ1v) is 8.04. The zero-order valence-corrected chi connectivity index (χ0v) is 13.7. The number of rotatable bonds is 4. The molecule has 0 radical (unpaired) electrons. The van der Waals surface area contributed by atoms with E-state index in [0.717, 1.165) is 35.5 Å². The summed E-state index contributed by atoms with van der Waals surface area (Å²) in [4.78, 5) is 4.82. The molecule has 4 heteroatoms. The highest BCUT2D eigenvalue weighted by Gasteiger charge is 2.28. The van der Waals surface area contributed by atoms with Crippen LogP contribution in [0, 0.1) is 5.82 Å². The molecule has 3 nitrogen and oxygen atoms in total. The number of allylic oxidation sites excluding steroid dienone is 2. The van der Waals surface area contributed by atoms with Crippen molar-refractivity contribution in [3.63, 3.8) is 0 Å². The van der Waals surface area contributed by atoms with Gasteiger partial charge in [-0.25, -0.2) is 4.39 Å². The summed E-state index contributed by atoms with van der Waals surface area (Å²) >= 11 is 0. The molecule has 1 saturated carbocycles. The van der Waals surface area contributed by atoms with Crippen molar-refractivity contribution in [1.29, 1.82) is 0 Å². The van der Waals surface area contributed by atoms with Crippen molar-refractivity contribution < 1.29 is 4.39 Å². The van der Waals surface area contributed by atoms with Crippen LogP contribution in [0.3, 0.4) is 0 Å². The first-order chi connectivity index (χ1) is 11.1. The summed E-state index contributed by atoms with van der Waals surface area (Å²) in [6.07, 6.45) is 2.92. The zero-order chi connectivity index (χ0) is 16.4. The standard InChI is InChI=1S/C19H22FN3/c1-4-18-19(21-16-9-10-16)13(2)14(3)22-23(18)12-11-15-7-5-6-8-17(15)20/h5-8,16,22H,1,9-12H2,2-3H3. The van der Waals surface area contributed by atoms with E-state index < -0.39 is 0 Å². The van der Waals surface area contributed by atoms with Gasteiger partial charge in [0.15, 0.2) is 0 Å². The second kappa shape index (κ2) is 6.43. The zero-order valence-electron chi connectivity index (χ0n) is 13.7. The van der Waals surface area contributed by atoms with Crippen LogP contribution in [0.2, 0.25) is 0 Å². The third-order valence-electron chi connectivity index (χ3n) is 4.30. The predicted octanol–water partition coefficient (Wildman–Crippen LogP) is 3.75. The van der Waals surface area contributed by atoms with E-state index in [0.29, 0.717) is 24.6 Å². The number of hydrazine groups is 1. The van der Waals surface area contributed by atoms with Gasteiger partial charge in [-0.3, -0.25) is 10.0 Å². The van der Waals surface area contributed by atoms with Gasteiger partial charge in [-0.05, 0) is 50.3 Å². The van der Waals surface area contributed by atoms with Gasteiger partial charge in [-0.15, -0.1) is 0 Å². The quantitative estimate of drug-likeness (QED) is 0.858. The van der Waals surface area contributed by atoms with Crippen LogP contribution in [0.25, 0.3) is 0 Å². The van der Waals surface area contributed by atoms with Crippen LogP contribution in [-0.2, 0) is 6.42 Å². The summed E-state index contributed by atoms with van der Waals surface area (Å²) < 4.78 is 13.8. The van der Waals surface area contributed by atoms with Crippen LogP contribution in [0.5, 0.6) is 0 Å². The Morgan fingerprint density at radius 2 is 2.09 bits per heavy atom. The highest BCUT2D eigenvalue weighted by Crippen LogP contribution is 2.28. The molecular weight excluding hydrogens is 289 g/mol. The molecule has 1 heterocycles. The Balaban J connectivity index is 1.82. The van der Waals surface area contributed by atoms with E-state index in [2.05, 4.69) is 24.7 Å². The van der Waals surface area contributed by atoms with Gasteiger partial charge in [0.1, 0.15) is 11.5 Å². The molecule has 3 rings (SSSR count). The van der Waals surface area contributed by atoms with E-state index in [1.807, 2.05) is 24.1 Å². The molecule has 1 aromatic carbocycles. The second-order valence-corrected chi connectivity index (χ2v) is 6.09. The van der Waals surface area contributed by atoms with E-state index in [4.69, 9.17) is 4.99 Å². The van der Waals surface area contributed by atoms with Crippen LogP contribution in [0.1, 0.15) is 32.3 Å². The molecule has 0 aromatic heterocycles. The first-order valence-electron chi connectivity index (χ1n) is 8.04. The van der Waals surface area contributed by atoms with Crippen molar-refractivity contribution in [3.8, 4) is 0 Å². The summed E-state index contributed by atoms with van der Waals surface area (Å²) in [5.74, 6) is -0.163. The third kappa shape index (κ3) is 3.38. The van der Waals surface area contributed by atoms with Crippen LogP contribution in [0.15, 0.2) is 58.5 Å². The fourth-order valence-electron chi connectivity index (χ4n) is 2.65. The average molecular weight is 311 g/mol. The van der Waals surface area contributed by atoms with Crippen LogP contribution in [0.4, 0.5) is 4.39 Å². The smallest absolute Gasteiger partial charge is 0.126 e. The predicted molar refractivity (Wildman–Crippen MR) is 91.4 cm³/mol. The lowest BCUT2D eigenvalue weighted by Gasteiger charge is -2.34. The molecule has 1 aromatic rings. The van der Waals surface area contributed by atoms with Crippen molar-refractivity contribution in [3.05, 3.63) is 64.9 Å². The van der Waals surface area contributed by atoms with Crippen molar-refractivity contribution in [2.24, 2.45) is 4.99 Å². The van der Waals surface area contributed by atoms with Gasteiger partial charge in [0, 0.05) is 12.2 Å². The van der Waals surface area contributed by atoms with E-state index >= 15 is 0 Å². The molecule has 1 aliphatic carbocycles. The normalized spacial score (nSPS) is 19.9. The molecule has 1 N–H and O–H groups in total. The van der Waals surface area contributed by atoms with E-state index in [1.54, 1.807) is 6.07 Å². The van der Waals surface area contributed by atoms with Gasteiger partial charge < -0.3 is 5.43 Å². The van der Waals surface area contributed by atoms with Gasteiger partial charge in [0.05, 0.1) is 11.8 Å². The van der Waals surface area contributed by atoms with Crippen molar-refractivity contribution in [1.82, 2.24) is 10.4 Å². The number of nitrogens with one attached hydrogen (secondary N) is 1. The van der Waals surface area contributed by atoms with Crippen molar-refractivity contribution in [2.75, 3.05) is 6.54 Å². The summed E-state index contributed by atoms with van der Waals surface area (Å²) in [6.45, 7) is 8.56. The van der Waals surface area contributed by atoms with Crippen LogP contribution < -0.4 is 5.43 Å². The van der Waals surface area contributed by atoms with Crippen LogP contribution in [-0.4, -0.2) is 23.3 Å². The lowest BCUT2D eigenvalue weighted by atomic mass is 10.0. The Hall–Kier alpha value is -2.32. The van der Waals surface area contributed by atoms with Gasteiger partial charge in [-0.2, -0.15) is 0 Å². The number of benzene rings is 1. The third-order valence-corrected chi connectivity index (χ3v) is 4.30. The highest BCUT2D eigenvalue weighted by atomic mass is 19.1. The maximum atomic E-state index is 13.8. The van der Waals surface area contributed by atoms with Crippen LogP contribution >= 0.6 is 0 Å². The Morgan fingerprint density at radius 3 is 2.74 bits per heavy atom. The summed E-state index contributed by atoms with van der Waals surface area (Å²) in [5.41, 5.74) is 11.1. The largest absolute Gasteiger partial charge is 0.302 e. The monoisotopic (exact) mass is 311 g/mol. The fraction of sp³-hybridized carbons (Fsp3) is 0.368. The average Bonchev–Trinajstić information content (AvgIpc) is 3.35. The minimum atomic E-state index is -0.163. The molecule has 0 saturated heterocycles. The Kier molecular flexibility index (Phi) is 4.35. The molecule has 1 fully saturated rings. The molecule has 2 aliphatic rings. The SMILES string of the molecule is C=C=C1C(=NC2CC2)C(C)=C(C)NN1CCc1ccccc1F. The molecule has 1 aliphatic heterocycles. The Morgan fingerprint density at radius 1 is 1.35 bits per heavy atom. The molecule has 120 valence electrons. The van der Waals surface area contributed by atoms with E-state index in [-0.39, 0.29) is 5.82 Å². The van der Waals surface area contributed by atoms with Gasteiger partial charge in [0.2, 0.25) is 0 Å². The minimum Gasteiger partial charge on any atom is -0.302 e. The number of aliphatic imine (C=N–C) groups is 1.